The van der Waals surface area contributed by atoms with Crippen molar-refractivity contribution < 1.29 is 4.52 Å². The van der Waals surface area contributed by atoms with Gasteiger partial charge in [-0.1, -0.05) is 18.5 Å². The van der Waals surface area contributed by atoms with Crippen molar-refractivity contribution in [2.24, 2.45) is 0 Å². The predicted octanol–water partition coefficient (Wildman–Crippen LogP) is 2.37. The number of hydrogen-bond acceptors (Lipinski definition) is 5. The van der Waals surface area contributed by atoms with Gasteiger partial charge in [-0.15, -0.1) is 0 Å². The number of aryl methyl sites for hydroxylation is 1. The summed E-state index contributed by atoms with van der Waals surface area (Å²) in [5.41, 5.74) is 2.02. The monoisotopic (exact) mass is 260 g/mol. The number of likely N-dealkylation sites (N-methyl/N-ethyl adjacent to an activating group) is 1. The summed E-state index contributed by atoms with van der Waals surface area (Å²) in [7, 11) is 1.96. The minimum Gasteiger partial charge on any atom is -0.339 e. The lowest BCUT2D eigenvalue weighted by Gasteiger charge is -2.11. The van der Waals surface area contributed by atoms with Gasteiger partial charge in [-0.3, -0.25) is 4.98 Å². The highest BCUT2D eigenvalue weighted by Gasteiger charge is 2.14. The van der Waals surface area contributed by atoms with E-state index in [9.17, 15) is 0 Å². The molecule has 0 fully saturated rings. The normalized spacial score (nSPS) is 12.6. The van der Waals surface area contributed by atoms with Crippen LogP contribution in [0, 0.1) is 6.92 Å². The molecular formula is C14H20N4O. The van der Waals surface area contributed by atoms with Gasteiger partial charge < -0.3 is 9.84 Å². The molecule has 1 atom stereocenters. The van der Waals surface area contributed by atoms with Gasteiger partial charge in [0.25, 0.3) is 0 Å². The molecule has 0 aliphatic rings. The van der Waals surface area contributed by atoms with Crippen LogP contribution in [0.1, 0.15) is 31.2 Å². The fourth-order valence-corrected chi connectivity index (χ4v) is 2.08. The molecule has 2 heterocycles. The highest BCUT2D eigenvalue weighted by molar-refractivity contribution is 5.57. The van der Waals surface area contributed by atoms with Crippen LogP contribution in [-0.2, 0) is 6.42 Å². The lowest BCUT2D eigenvalue weighted by atomic mass is 10.1. The predicted molar refractivity (Wildman–Crippen MR) is 73.7 cm³/mol. The zero-order valence-corrected chi connectivity index (χ0v) is 11.7. The molecule has 0 bridgehead atoms. The Morgan fingerprint density at radius 2 is 2.26 bits per heavy atom. The van der Waals surface area contributed by atoms with Gasteiger partial charge in [0, 0.05) is 30.4 Å². The Labute approximate surface area is 113 Å². The molecule has 0 aliphatic carbocycles. The number of pyridine rings is 1. The van der Waals surface area contributed by atoms with Crippen LogP contribution in [0.3, 0.4) is 0 Å². The fraction of sp³-hybridized carbons (Fsp3) is 0.500. The second-order valence-electron chi connectivity index (χ2n) is 4.68. The number of aromatic nitrogens is 3. The molecule has 0 aromatic carbocycles. The molecule has 0 amide bonds. The van der Waals surface area contributed by atoms with E-state index in [0.717, 1.165) is 30.4 Å². The van der Waals surface area contributed by atoms with Crippen molar-refractivity contribution in [2.75, 3.05) is 7.05 Å². The van der Waals surface area contributed by atoms with Gasteiger partial charge in [0.2, 0.25) is 11.7 Å². The van der Waals surface area contributed by atoms with Crippen LogP contribution in [0.15, 0.2) is 23.0 Å². The molecular weight excluding hydrogens is 240 g/mol. The van der Waals surface area contributed by atoms with E-state index in [-0.39, 0.29) is 0 Å². The zero-order valence-electron chi connectivity index (χ0n) is 11.7. The maximum Gasteiger partial charge on any atom is 0.228 e. The molecule has 19 heavy (non-hydrogen) atoms. The van der Waals surface area contributed by atoms with Crippen LogP contribution in [0.5, 0.6) is 0 Å². The Morgan fingerprint density at radius 1 is 1.42 bits per heavy atom. The summed E-state index contributed by atoms with van der Waals surface area (Å²) < 4.78 is 5.33. The van der Waals surface area contributed by atoms with Crippen molar-refractivity contribution in [3.63, 3.8) is 0 Å². The SMILES string of the molecule is CCCC(Cc1nc(-c2ccncc2C)no1)NC. The third-order valence-electron chi connectivity index (χ3n) is 3.20. The standard InChI is InChI=1S/C14H20N4O/c1-4-5-11(15-3)8-13-17-14(18-19-13)12-6-7-16-9-10(12)2/h6-7,9,11,15H,4-5,8H2,1-3H3. The van der Waals surface area contributed by atoms with Crippen LogP contribution in [0.4, 0.5) is 0 Å². The van der Waals surface area contributed by atoms with E-state index in [2.05, 4.69) is 27.4 Å². The molecule has 0 saturated carbocycles. The maximum atomic E-state index is 5.33. The third kappa shape index (κ3) is 3.38. The van der Waals surface area contributed by atoms with E-state index in [0.29, 0.717) is 17.8 Å². The van der Waals surface area contributed by atoms with Crippen LogP contribution >= 0.6 is 0 Å². The van der Waals surface area contributed by atoms with E-state index < -0.39 is 0 Å². The Hall–Kier alpha value is -1.75. The largest absolute Gasteiger partial charge is 0.339 e. The molecule has 102 valence electrons. The number of nitrogens with one attached hydrogen (secondary N) is 1. The first-order chi connectivity index (χ1) is 9.24. The quantitative estimate of drug-likeness (QED) is 0.863. The number of nitrogens with zero attached hydrogens (tertiary/aromatic N) is 3. The number of hydrogen-bond donors (Lipinski definition) is 1. The molecule has 2 aromatic heterocycles. The van der Waals surface area contributed by atoms with Crippen molar-refractivity contribution in [1.29, 1.82) is 0 Å². The molecule has 0 saturated heterocycles. The summed E-state index contributed by atoms with van der Waals surface area (Å²) in [6.45, 7) is 4.16. The number of rotatable bonds is 6. The molecule has 0 spiro atoms. The highest BCUT2D eigenvalue weighted by atomic mass is 16.5. The van der Waals surface area contributed by atoms with Crippen molar-refractivity contribution in [3.05, 3.63) is 29.9 Å². The lowest BCUT2D eigenvalue weighted by molar-refractivity contribution is 0.356. The molecule has 5 nitrogen and oxygen atoms in total. The van der Waals surface area contributed by atoms with Gasteiger partial charge in [-0.05, 0) is 32.0 Å². The average molecular weight is 260 g/mol. The molecule has 1 N–H and O–H groups in total. The van der Waals surface area contributed by atoms with Gasteiger partial charge in [0.05, 0.1) is 0 Å². The summed E-state index contributed by atoms with van der Waals surface area (Å²) in [4.78, 5) is 8.53. The average Bonchev–Trinajstić information content (AvgIpc) is 2.87. The van der Waals surface area contributed by atoms with Gasteiger partial charge >= 0.3 is 0 Å². The Morgan fingerprint density at radius 3 is 2.95 bits per heavy atom. The van der Waals surface area contributed by atoms with E-state index >= 15 is 0 Å². The smallest absolute Gasteiger partial charge is 0.228 e. The van der Waals surface area contributed by atoms with Gasteiger partial charge in [0.1, 0.15) is 0 Å². The molecule has 0 aliphatic heterocycles. The van der Waals surface area contributed by atoms with Crippen LogP contribution in [0.25, 0.3) is 11.4 Å². The molecule has 2 aromatic rings. The van der Waals surface area contributed by atoms with Crippen LogP contribution in [-0.4, -0.2) is 28.2 Å². The fourth-order valence-electron chi connectivity index (χ4n) is 2.08. The maximum absolute atomic E-state index is 5.33. The van der Waals surface area contributed by atoms with E-state index in [4.69, 9.17) is 4.52 Å². The second-order valence-corrected chi connectivity index (χ2v) is 4.68. The first kappa shape index (κ1) is 13.7. The van der Waals surface area contributed by atoms with Gasteiger partial charge in [0.15, 0.2) is 0 Å². The lowest BCUT2D eigenvalue weighted by Crippen LogP contribution is -2.27. The van der Waals surface area contributed by atoms with Gasteiger partial charge in [-0.25, -0.2) is 0 Å². The molecule has 5 heteroatoms. The van der Waals surface area contributed by atoms with E-state index in [1.165, 1.54) is 0 Å². The van der Waals surface area contributed by atoms with Crippen molar-refractivity contribution in [3.8, 4) is 11.4 Å². The Balaban J connectivity index is 2.13. The summed E-state index contributed by atoms with van der Waals surface area (Å²) in [5.74, 6) is 1.32. The second kappa shape index (κ2) is 6.43. The highest BCUT2D eigenvalue weighted by Crippen LogP contribution is 2.19. The van der Waals surface area contributed by atoms with Crippen molar-refractivity contribution in [1.82, 2.24) is 20.4 Å². The van der Waals surface area contributed by atoms with Crippen LogP contribution < -0.4 is 5.32 Å². The molecule has 1 unspecified atom stereocenters. The topological polar surface area (TPSA) is 63.8 Å². The summed E-state index contributed by atoms with van der Waals surface area (Å²) in [6.07, 6.45) is 6.55. The minimum absolute atomic E-state index is 0.386. The van der Waals surface area contributed by atoms with E-state index in [1.807, 2.05) is 20.0 Å². The van der Waals surface area contributed by atoms with Crippen LogP contribution in [0.2, 0.25) is 0 Å². The van der Waals surface area contributed by atoms with Gasteiger partial charge in [-0.2, -0.15) is 4.98 Å². The minimum atomic E-state index is 0.386. The summed E-state index contributed by atoms with van der Waals surface area (Å²) >= 11 is 0. The first-order valence-electron chi connectivity index (χ1n) is 6.65. The Bertz CT molecular complexity index is 524. The van der Waals surface area contributed by atoms with E-state index in [1.54, 1.807) is 12.4 Å². The first-order valence-corrected chi connectivity index (χ1v) is 6.65. The zero-order chi connectivity index (χ0) is 13.7. The molecule has 2 rings (SSSR count). The summed E-state index contributed by atoms with van der Waals surface area (Å²) in [5, 5.41) is 7.33. The van der Waals surface area contributed by atoms with Crippen molar-refractivity contribution in [2.45, 2.75) is 39.2 Å². The third-order valence-corrected chi connectivity index (χ3v) is 3.20. The summed E-state index contributed by atoms with van der Waals surface area (Å²) in [6, 6.07) is 2.29. The Kier molecular flexibility index (Phi) is 4.63. The van der Waals surface area contributed by atoms with Crippen molar-refractivity contribution >= 4 is 0 Å². The molecule has 0 radical (unpaired) electrons.